The first-order valence-corrected chi connectivity index (χ1v) is 12.5. The molecule has 0 aliphatic heterocycles. The number of fused-ring (bicyclic) bond motifs is 1. The Morgan fingerprint density at radius 3 is 2.53 bits per heavy atom. The largest absolute Gasteiger partial charge is 0.467 e. The first-order valence-electron chi connectivity index (χ1n) is 11.0. The molecule has 188 valence electrons. The highest BCUT2D eigenvalue weighted by molar-refractivity contribution is 7.90. The van der Waals surface area contributed by atoms with Crippen molar-refractivity contribution < 1.29 is 22.3 Å². The van der Waals surface area contributed by atoms with Crippen LogP contribution in [0.15, 0.2) is 51.7 Å². The molecular weight excluding hydrogens is 484 g/mol. The van der Waals surface area contributed by atoms with Gasteiger partial charge in [0.15, 0.2) is 0 Å². The van der Waals surface area contributed by atoms with E-state index in [0.29, 0.717) is 34.2 Å². The van der Waals surface area contributed by atoms with Gasteiger partial charge in [-0.3, -0.25) is 4.72 Å². The second-order valence-electron chi connectivity index (χ2n) is 8.16. The molecule has 0 saturated carbocycles. The number of anilines is 1. The van der Waals surface area contributed by atoms with Gasteiger partial charge in [0.1, 0.15) is 11.3 Å². The van der Waals surface area contributed by atoms with Gasteiger partial charge in [0.2, 0.25) is 5.88 Å². The van der Waals surface area contributed by atoms with Gasteiger partial charge in [-0.1, -0.05) is 12.1 Å². The Morgan fingerprint density at radius 1 is 1.03 bits per heavy atom. The smallest absolute Gasteiger partial charge is 0.340 e. The average Bonchev–Trinajstić information content (AvgIpc) is 2.83. The van der Waals surface area contributed by atoms with Crippen LogP contribution in [-0.2, 0) is 16.6 Å². The highest BCUT2D eigenvalue weighted by Crippen LogP contribution is 2.29. The van der Waals surface area contributed by atoms with Crippen LogP contribution in [0.4, 0.5) is 5.69 Å². The Morgan fingerprint density at radius 2 is 1.81 bits per heavy atom. The quantitative estimate of drug-likeness (QED) is 0.342. The van der Waals surface area contributed by atoms with Gasteiger partial charge in [0.25, 0.3) is 10.2 Å². The van der Waals surface area contributed by atoms with E-state index in [1.165, 1.54) is 14.2 Å². The Labute approximate surface area is 208 Å². The fourth-order valence-electron chi connectivity index (χ4n) is 3.79. The van der Waals surface area contributed by atoms with Gasteiger partial charge < -0.3 is 13.9 Å². The first-order chi connectivity index (χ1) is 17.1. The lowest BCUT2D eigenvalue weighted by atomic mass is 9.96. The van der Waals surface area contributed by atoms with Crippen LogP contribution < -0.4 is 24.5 Å². The predicted molar refractivity (Wildman–Crippen MR) is 136 cm³/mol. The van der Waals surface area contributed by atoms with Crippen LogP contribution in [0.2, 0.25) is 0 Å². The van der Waals surface area contributed by atoms with E-state index in [2.05, 4.69) is 19.4 Å². The molecule has 4 rings (SSSR count). The molecular formula is C25H26N4O6S. The number of hydrogen-bond acceptors (Lipinski definition) is 8. The van der Waals surface area contributed by atoms with Crippen LogP contribution in [-0.4, -0.2) is 32.5 Å². The number of aryl methyl sites for hydroxylation is 2. The van der Waals surface area contributed by atoms with E-state index in [4.69, 9.17) is 13.9 Å². The predicted octanol–water partition coefficient (Wildman–Crippen LogP) is 3.78. The SMILES string of the molecule is CNS(=O)(=O)Nc1cccc(Cc2c(C)c3ccc(Oc4cc(C)nc(OC)n4)cc3oc2=O)c1C. The van der Waals surface area contributed by atoms with Crippen molar-refractivity contribution in [3.63, 3.8) is 0 Å². The molecule has 0 unspecified atom stereocenters. The summed E-state index contributed by atoms with van der Waals surface area (Å²) in [6.07, 6.45) is 0.281. The zero-order valence-corrected chi connectivity index (χ0v) is 21.3. The summed E-state index contributed by atoms with van der Waals surface area (Å²) < 4.78 is 45.1. The van der Waals surface area contributed by atoms with E-state index >= 15 is 0 Å². The van der Waals surface area contributed by atoms with Gasteiger partial charge in [-0.25, -0.2) is 14.5 Å². The summed E-state index contributed by atoms with van der Waals surface area (Å²) >= 11 is 0. The Balaban J connectivity index is 1.67. The van der Waals surface area contributed by atoms with Crippen molar-refractivity contribution in [1.29, 1.82) is 0 Å². The molecule has 2 aromatic heterocycles. The summed E-state index contributed by atoms with van der Waals surface area (Å²) in [5.41, 5.74) is 3.80. The number of aromatic nitrogens is 2. The molecule has 0 radical (unpaired) electrons. The van der Waals surface area contributed by atoms with Crippen LogP contribution in [0.3, 0.4) is 0 Å². The molecule has 0 aliphatic rings. The average molecular weight is 511 g/mol. The number of rotatable bonds is 8. The summed E-state index contributed by atoms with van der Waals surface area (Å²) in [6.45, 7) is 5.46. The zero-order chi connectivity index (χ0) is 26.0. The Hall–Kier alpha value is -3.96. The van der Waals surface area contributed by atoms with Crippen LogP contribution in [0.25, 0.3) is 11.0 Å². The normalized spacial score (nSPS) is 11.5. The summed E-state index contributed by atoms with van der Waals surface area (Å²) in [5.74, 6) is 0.747. The summed E-state index contributed by atoms with van der Waals surface area (Å²) in [5, 5.41) is 0.762. The maximum Gasteiger partial charge on any atom is 0.340 e. The highest BCUT2D eigenvalue weighted by atomic mass is 32.2. The van der Waals surface area contributed by atoms with Gasteiger partial charge in [0.05, 0.1) is 12.8 Å². The van der Waals surface area contributed by atoms with Gasteiger partial charge in [-0.05, 0) is 55.7 Å². The molecule has 2 heterocycles. The monoisotopic (exact) mass is 510 g/mol. The van der Waals surface area contributed by atoms with E-state index in [0.717, 1.165) is 22.1 Å². The topological polar surface area (TPSA) is 133 Å². The zero-order valence-electron chi connectivity index (χ0n) is 20.5. The molecule has 2 N–H and O–H groups in total. The standard InChI is InChI=1S/C25H26N4O6S/c1-14-11-23(28-25(27-14)33-5)34-18-9-10-19-16(3)20(24(30)35-22(19)13-18)12-17-7-6-8-21(15(17)2)29-36(31,32)26-4/h6-11,13,26,29H,12H2,1-5H3. The highest BCUT2D eigenvalue weighted by Gasteiger charge is 2.16. The van der Waals surface area contributed by atoms with Crippen LogP contribution in [0, 0.1) is 20.8 Å². The van der Waals surface area contributed by atoms with E-state index in [1.54, 1.807) is 44.2 Å². The van der Waals surface area contributed by atoms with Gasteiger partial charge in [0, 0.05) is 42.2 Å². The number of benzene rings is 2. The number of nitrogens with one attached hydrogen (secondary N) is 2. The maximum atomic E-state index is 13.0. The number of nitrogens with zero attached hydrogens (tertiary/aromatic N) is 2. The van der Waals surface area contributed by atoms with Crippen LogP contribution in [0.5, 0.6) is 17.6 Å². The van der Waals surface area contributed by atoms with Crippen LogP contribution in [0.1, 0.15) is 27.9 Å². The molecule has 10 nitrogen and oxygen atoms in total. The first kappa shape index (κ1) is 25.1. The van der Waals surface area contributed by atoms with Crippen molar-refractivity contribution in [2.24, 2.45) is 0 Å². The summed E-state index contributed by atoms with van der Waals surface area (Å²) in [7, 11) is -0.869. The summed E-state index contributed by atoms with van der Waals surface area (Å²) in [4.78, 5) is 21.3. The van der Waals surface area contributed by atoms with Crippen molar-refractivity contribution in [3.8, 4) is 17.6 Å². The molecule has 0 amide bonds. The van der Waals surface area contributed by atoms with E-state index < -0.39 is 15.8 Å². The third kappa shape index (κ3) is 5.31. The molecule has 0 saturated heterocycles. The summed E-state index contributed by atoms with van der Waals surface area (Å²) in [6, 6.07) is 12.3. The molecule has 0 fully saturated rings. The lowest BCUT2D eigenvalue weighted by Gasteiger charge is -2.14. The number of hydrogen-bond donors (Lipinski definition) is 2. The second kappa shape index (κ2) is 9.96. The molecule has 0 bridgehead atoms. The molecule has 2 aromatic carbocycles. The van der Waals surface area contributed by atoms with Gasteiger partial charge in [-0.15, -0.1) is 0 Å². The maximum absolute atomic E-state index is 13.0. The van der Waals surface area contributed by atoms with Crippen molar-refractivity contribution in [2.45, 2.75) is 27.2 Å². The van der Waals surface area contributed by atoms with Crippen molar-refractivity contribution >= 4 is 26.9 Å². The van der Waals surface area contributed by atoms with Crippen molar-refractivity contribution in [2.75, 3.05) is 18.9 Å². The fraction of sp³-hybridized carbons (Fsp3) is 0.240. The lowest BCUT2D eigenvalue weighted by molar-refractivity contribution is 0.365. The van der Waals surface area contributed by atoms with Crippen molar-refractivity contribution in [3.05, 3.63) is 80.8 Å². The minimum Gasteiger partial charge on any atom is -0.467 e. The number of ether oxygens (including phenoxy) is 2. The van der Waals surface area contributed by atoms with Gasteiger partial charge >= 0.3 is 11.6 Å². The molecule has 36 heavy (non-hydrogen) atoms. The molecule has 4 aromatic rings. The van der Waals surface area contributed by atoms with Gasteiger partial charge in [-0.2, -0.15) is 13.4 Å². The molecule has 0 spiro atoms. The number of methoxy groups -OCH3 is 1. The van der Waals surface area contributed by atoms with Crippen LogP contribution >= 0.6 is 0 Å². The minimum atomic E-state index is -3.67. The third-order valence-corrected chi connectivity index (χ3v) is 6.83. The van der Waals surface area contributed by atoms with E-state index in [-0.39, 0.29) is 12.4 Å². The molecule has 11 heteroatoms. The van der Waals surface area contributed by atoms with E-state index in [1.807, 2.05) is 19.1 Å². The third-order valence-electron chi connectivity index (χ3n) is 5.80. The molecule has 0 aliphatic carbocycles. The second-order valence-corrected chi connectivity index (χ2v) is 9.78. The fourth-order valence-corrected chi connectivity index (χ4v) is 4.40. The molecule has 0 atom stereocenters. The Kier molecular flexibility index (Phi) is 6.95. The Bertz CT molecular complexity index is 1620. The lowest BCUT2D eigenvalue weighted by Crippen LogP contribution is -2.26. The minimum absolute atomic E-state index is 0.191. The van der Waals surface area contributed by atoms with Crippen molar-refractivity contribution in [1.82, 2.24) is 14.7 Å². The van der Waals surface area contributed by atoms with E-state index in [9.17, 15) is 13.2 Å².